The van der Waals surface area contributed by atoms with Crippen molar-refractivity contribution in [3.05, 3.63) is 60.8 Å². The van der Waals surface area contributed by atoms with Crippen molar-refractivity contribution in [1.29, 1.82) is 0 Å². The van der Waals surface area contributed by atoms with Gasteiger partial charge in [0.05, 0.1) is 32.0 Å². The Labute approximate surface area is 498 Å². The first-order chi connectivity index (χ1) is 40.1. The van der Waals surface area contributed by atoms with Crippen LogP contribution in [0, 0.1) is 0 Å². The zero-order chi connectivity index (χ0) is 59.5. The Hall–Kier alpha value is -2.31. The molecule has 9 N–H and O–H groups in total. The third-order valence-electron chi connectivity index (χ3n) is 16.2. The van der Waals surface area contributed by atoms with E-state index in [1.165, 1.54) is 180 Å². The molecule has 478 valence electrons. The molecule has 14 nitrogen and oxygen atoms in total. The van der Waals surface area contributed by atoms with Crippen LogP contribution in [0.1, 0.15) is 271 Å². The molecular formula is C68H123NO13. The number of aliphatic hydroxyl groups excluding tert-OH is 8. The molecule has 2 aliphatic rings. The second kappa shape index (κ2) is 53.0. The molecule has 2 heterocycles. The number of carbonyl (C=O) groups is 1. The zero-order valence-corrected chi connectivity index (χ0v) is 51.7. The monoisotopic (exact) mass is 1160 g/mol. The number of allylic oxidation sites excluding steroid dienone is 9. The van der Waals surface area contributed by atoms with Gasteiger partial charge in [-0.3, -0.25) is 4.79 Å². The summed E-state index contributed by atoms with van der Waals surface area (Å²) in [5.41, 5.74) is 0. The van der Waals surface area contributed by atoms with Gasteiger partial charge in [0.25, 0.3) is 0 Å². The Morgan fingerprint density at radius 2 is 0.841 bits per heavy atom. The number of carbonyl (C=O) groups excluding carboxylic acids is 1. The molecule has 0 aromatic heterocycles. The largest absolute Gasteiger partial charge is 0.394 e. The first-order valence-electron chi connectivity index (χ1n) is 33.5. The number of rotatable bonds is 54. The summed E-state index contributed by atoms with van der Waals surface area (Å²) in [5, 5.41) is 87.2. The maximum Gasteiger partial charge on any atom is 0.220 e. The van der Waals surface area contributed by atoms with Gasteiger partial charge >= 0.3 is 0 Å². The van der Waals surface area contributed by atoms with Gasteiger partial charge in [-0.15, -0.1) is 0 Å². The highest BCUT2D eigenvalue weighted by molar-refractivity contribution is 5.76. The number of unbranched alkanes of at least 4 members (excludes halogenated alkanes) is 33. The van der Waals surface area contributed by atoms with Gasteiger partial charge in [-0.2, -0.15) is 0 Å². The highest BCUT2D eigenvalue weighted by Gasteiger charge is 2.51. The average Bonchev–Trinajstić information content (AvgIpc) is 3.56. The summed E-state index contributed by atoms with van der Waals surface area (Å²) in [5.74, 6) is -0.237. The second-order valence-corrected chi connectivity index (χ2v) is 23.6. The molecule has 82 heavy (non-hydrogen) atoms. The molecule has 1 amide bonds. The van der Waals surface area contributed by atoms with Crippen LogP contribution in [0.4, 0.5) is 0 Å². The molecule has 0 aromatic carbocycles. The lowest BCUT2D eigenvalue weighted by Crippen LogP contribution is -2.65. The molecule has 0 radical (unpaired) electrons. The molecule has 12 atom stereocenters. The van der Waals surface area contributed by atoms with Gasteiger partial charge in [-0.05, 0) is 57.8 Å². The number of ether oxygens (including phenoxy) is 4. The van der Waals surface area contributed by atoms with Gasteiger partial charge in [0, 0.05) is 6.42 Å². The first kappa shape index (κ1) is 75.8. The lowest BCUT2D eigenvalue weighted by molar-refractivity contribution is -0.359. The van der Waals surface area contributed by atoms with Crippen LogP contribution < -0.4 is 5.32 Å². The number of hydrogen-bond donors (Lipinski definition) is 9. The van der Waals surface area contributed by atoms with E-state index in [0.717, 1.165) is 64.2 Å². The van der Waals surface area contributed by atoms with Crippen molar-refractivity contribution >= 4 is 5.91 Å². The van der Waals surface area contributed by atoms with E-state index in [1.807, 2.05) is 6.08 Å². The van der Waals surface area contributed by atoms with Crippen LogP contribution >= 0.6 is 0 Å². The molecule has 0 spiro atoms. The van der Waals surface area contributed by atoms with Crippen LogP contribution in [0.3, 0.4) is 0 Å². The first-order valence-corrected chi connectivity index (χ1v) is 33.5. The highest BCUT2D eigenvalue weighted by atomic mass is 16.7. The summed E-state index contributed by atoms with van der Waals surface area (Å²) in [7, 11) is 0. The number of nitrogens with one attached hydrogen (secondary N) is 1. The Balaban J connectivity index is 1.59. The van der Waals surface area contributed by atoms with E-state index < -0.39 is 86.8 Å². The average molecular weight is 1160 g/mol. The molecule has 0 aliphatic carbocycles. The Morgan fingerprint density at radius 3 is 1.29 bits per heavy atom. The van der Waals surface area contributed by atoms with Crippen molar-refractivity contribution in [3.63, 3.8) is 0 Å². The van der Waals surface area contributed by atoms with Crippen molar-refractivity contribution in [2.75, 3.05) is 19.8 Å². The van der Waals surface area contributed by atoms with E-state index in [1.54, 1.807) is 6.08 Å². The third kappa shape index (κ3) is 37.3. The minimum Gasteiger partial charge on any atom is -0.394 e. The number of amides is 1. The molecular weight excluding hydrogens is 1040 g/mol. The summed E-state index contributed by atoms with van der Waals surface area (Å²) >= 11 is 0. The summed E-state index contributed by atoms with van der Waals surface area (Å²) in [4.78, 5) is 13.3. The van der Waals surface area contributed by atoms with E-state index in [2.05, 4.69) is 67.8 Å². The predicted molar refractivity (Wildman–Crippen MR) is 332 cm³/mol. The molecule has 2 rings (SSSR count). The van der Waals surface area contributed by atoms with Crippen molar-refractivity contribution in [2.24, 2.45) is 0 Å². The minimum absolute atomic E-state index is 0.237. The Bertz CT molecular complexity index is 1610. The molecule has 2 aliphatic heterocycles. The van der Waals surface area contributed by atoms with Gasteiger partial charge in [-0.1, -0.05) is 267 Å². The van der Waals surface area contributed by atoms with E-state index in [4.69, 9.17) is 18.9 Å². The van der Waals surface area contributed by atoms with Crippen molar-refractivity contribution in [2.45, 2.75) is 344 Å². The lowest BCUT2D eigenvalue weighted by atomic mass is 9.97. The fraction of sp³-hybridized carbons (Fsp3) is 0.838. The van der Waals surface area contributed by atoms with Crippen molar-refractivity contribution < 1.29 is 64.6 Å². The molecule has 0 aromatic rings. The van der Waals surface area contributed by atoms with Crippen LogP contribution in [-0.2, 0) is 23.7 Å². The predicted octanol–water partition coefficient (Wildman–Crippen LogP) is 12.9. The van der Waals surface area contributed by atoms with Gasteiger partial charge in [0.1, 0.15) is 48.8 Å². The van der Waals surface area contributed by atoms with E-state index in [0.29, 0.717) is 6.42 Å². The van der Waals surface area contributed by atoms with Gasteiger partial charge in [0.2, 0.25) is 5.91 Å². The summed E-state index contributed by atoms with van der Waals surface area (Å²) in [6, 6.07) is -0.913. The quantitative estimate of drug-likeness (QED) is 0.0204. The van der Waals surface area contributed by atoms with Crippen LogP contribution in [0.5, 0.6) is 0 Å². The number of hydrogen-bond acceptors (Lipinski definition) is 13. The normalized spacial score (nSPS) is 24.3. The van der Waals surface area contributed by atoms with E-state index in [-0.39, 0.29) is 18.9 Å². The van der Waals surface area contributed by atoms with Crippen LogP contribution in [0.15, 0.2) is 60.8 Å². The van der Waals surface area contributed by atoms with Gasteiger partial charge in [-0.25, -0.2) is 0 Å². The molecule has 14 heteroatoms. The van der Waals surface area contributed by atoms with Gasteiger partial charge in [0.15, 0.2) is 12.6 Å². The third-order valence-corrected chi connectivity index (χ3v) is 16.2. The SMILES string of the molecule is CC/C=C\C/C=C\C/C=C\C/C=C\CCCCCCCCCCCCCCCCCCCCCCCCC(=O)NC(COC1OC(CO)C(OC2OC(CO)C(O)C(O)C2O)C(O)C1O)C(O)/C=C/CCCCCCCCCCCCC. The Morgan fingerprint density at radius 1 is 0.451 bits per heavy atom. The molecule has 0 bridgehead atoms. The fourth-order valence-corrected chi connectivity index (χ4v) is 10.9. The summed E-state index contributed by atoms with van der Waals surface area (Å²) in [6.07, 6.45) is 52.9. The summed E-state index contributed by atoms with van der Waals surface area (Å²) in [6.45, 7) is 2.69. The second-order valence-electron chi connectivity index (χ2n) is 23.6. The summed E-state index contributed by atoms with van der Waals surface area (Å²) < 4.78 is 22.8. The number of aliphatic hydroxyl groups is 8. The highest BCUT2D eigenvalue weighted by Crippen LogP contribution is 2.30. The van der Waals surface area contributed by atoms with Crippen molar-refractivity contribution in [1.82, 2.24) is 5.32 Å². The van der Waals surface area contributed by atoms with E-state index in [9.17, 15) is 45.6 Å². The van der Waals surface area contributed by atoms with Gasteiger partial charge < -0.3 is 65.1 Å². The fourth-order valence-electron chi connectivity index (χ4n) is 10.9. The Kier molecular flexibility index (Phi) is 49.0. The molecule has 12 unspecified atom stereocenters. The van der Waals surface area contributed by atoms with Crippen molar-refractivity contribution in [3.8, 4) is 0 Å². The smallest absolute Gasteiger partial charge is 0.220 e. The topological polar surface area (TPSA) is 228 Å². The molecule has 2 fully saturated rings. The van der Waals surface area contributed by atoms with E-state index >= 15 is 0 Å². The maximum absolute atomic E-state index is 13.3. The minimum atomic E-state index is -1.79. The molecule has 2 saturated heterocycles. The van der Waals surface area contributed by atoms with Crippen LogP contribution in [0.25, 0.3) is 0 Å². The van der Waals surface area contributed by atoms with Crippen LogP contribution in [-0.4, -0.2) is 140 Å². The molecule has 0 saturated carbocycles. The van der Waals surface area contributed by atoms with Crippen LogP contribution in [0.2, 0.25) is 0 Å². The lowest BCUT2D eigenvalue weighted by Gasteiger charge is -2.46. The zero-order valence-electron chi connectivity index (χ0n) is 51.7. The maximum atomic E-state index is 13.3. The standard InChI is InChI=1S/C68H123NO13/c1-3-5-7-9-11-13-15-17-18-19-20-21-22-23-24-25-26-27-28-29-30-31-32-33-34-35-36-37-38-40-42-44-46-48-50-52-60(73)69-56(57(72)51-49-47-45-43-41-39-16-14-12-10-8-6-4-2)55-79-67-65(78)63(76)66(59(54-71)81-67)82-68-64(77)62(75)61(74)58(53-70)80-68/h5,7,11,13,17-18,20-21,49,51,56-59,61-68,70-72,74-78H,3-4,6,8-10,12,14-16,19,22-48,50,52-55H2,1-2H3,(H,69,73)/b7-5-,13-11-,18-17-,21-20-,51-49+.